The number of nitrogens with zero attached hydrogens (tertiary/aromatic N) is 2. The average Bonchev–Trinajstić information content (AvgIpc) is 2.32. The zero-order valence-electron chi connectivity index (χ0n) is 11.5. The molecular formula is C15H16BrClN2. The molecule has 0 bridgehead atoms. The third-order valence-corrected chi connectivity index (χ3v) is 4.37. The third-order valence-electron chi connectivity index (χ3n) is 3.09. The van der Waals surface area contributed by atoms with Crippen LogP contribution in [0.4, 0.5) is 0 Å². The van der Waals surface area contributed by atoms with Gasteiger partial charge in [0.1, 0.15) is 5.15 Å². The highest BCUT2D eigenvalue weighted by molar-refractivity contribution is 9.10. The second-order valence-corrected chi connectivity index (χ2v) is 6.11. The van der Waals surface area contributed by atoms with E-state index in [0.717, 1.165) is 26.9 Å². The highest BCUT2D eigenvalue weighted by atomic mass is 79.9. The lowest BCUT2D eigenvalue weighted by Crippen LogP contribution is -2.02. The van der Waals surface area contributed by atoms with Crippen molar-refractivity contribution in [3.63, 3.8) is 0 Å². The minimum absolute atomic E-state index is 0.290. The highest BCUT2D eigenvalue weighted by Gasteiger charge is 2.16. The Bertz CT molecular complexity index is 604. The number of hydrogen-bond acceptors (Lipinski definition) is 2. The lowest BCUT2D eigenvalue weighted by atomic mass is 10.0. The van der Waals surface area contributed by atoms with Gasteiger partial charge in [0.05, 0.1) is 10.2 Å². The van der Waals surface area contributed by atoms with Crippen molar-refractivity contribution in [2.45, 2.75) is 33.6 Å². The number of aromatic nitrogens is 2. The number of halogens is 2. The van der Waals surface area contributed by atoms with Crippen LogP contribution in [0.25, 0.3) is 11.4 Å². The van der Waals surface area contributed by atoms with Gasteiger partial charge < -0.3 is 0 Å². The maximum Gasteiger partial charge on any atom is 0.161 e. The summed E-state index contributed by atoms with van der Waals surface area (Å²) in [5, 5.41) is 0.469. The first-order valence-corrected chi connectivity index (χ1v) is 7.38. The molecule has 0 atom stereocenters. The van der Waals surface area contributed by atoms with Crippen LogP contribution in [-0.2, 0) is 0 Å². The van der Waals surface area contributed by atoms with Gasteiger partial charge in [0, 0.05) is 5.56 Å². The summed E-state index contributed by atoms with van der Waals surface area (Å²) < 4.78 is 0.791. The van der Waals surface area contributed by atoms with Crippen molar-refractivity contribution < 1.29 is 0 Å². The van der Waals surface area contributed by atoms with Crippen LogP contribution in [0.1, 0.15) is 36.6 Å². The summed E-state index contributed by atoms with van der Waals surface area (Å²) in [4.78, 5) is 9.10. The Morgan fingerprint density at radius 3 is 2.21 bits per heavy atom. The van der Waals surface area contributed by atoms with E-state index in [0.29, 0.717) is 11.0 Å². The molecule has 0 radical (unpaired) electrons. The fourth-order valence-electron chi connectivity index (χ4n) is 2.10. The Hall–Kier alpha value is -0.930. The molecule has 0 spiro atoms. The highest BCUT2D eigenvalue weighted by Crippen LogP contribution is 2.32. The molecule has 0 unspecified atom stereocenters. The zero-order valence-corrected chi connectivity index (χ0v) is 13.8. The van der Waals surface area contributed by atoms with E-state index in [-0.39, 0.29) is 5.92 Å². The molecule has 0 saturated carbocycles. The molecule has 1 heterocycles. The van der Waals surface area contributed by atoms with Crippen LogP contribution in [-0.4, -0.2) is 9.97 Å². The van der Waals surface area contributed by atoms with Crippen molar-refractivity contribution in [3.05, 3.63) is 44.6 Å². The van der Waals surface area contributed by atoms with Gasteiger partial charge in [-0.25, -0.2) is 9.97 Å². The van der Waals surface area contributed by atoms with Gasteiger partial charge in [-0.2, -0.15) is 0 Å². The fourth-order valence-corrected chi connectivity index (χ4v) is 2.91. The zero-order chi connectivity index (χ0) is 14.2. The van der Waals surface area contributed by atoms with Crippen LogP contribution in [0.2, 0.25) is 5.15 Å². The molecule has 100 valence electrons. The third kappa shape index (κ3) is 2.82. The standard InChI is InChI=1S/C15H16BrClN2/c1-8(2)13-12(16)14(17)19-15(18-13)11-9(3)6-5-7-10(11)4/h5-8H,1-4H3. The topological polar surface area (TPSA) is 25.8 Å². The Morgan fingerprint density at radius 1 is 1.11 bits per heavy atom. The summed E-state index contributed by atoms with van der Waals surface area (Å²) in [5.74, 6) is 0.991. The maximum atomic E-state index is 6.22. The molecule has 0 aliphatic carbocycles. The second-order valence-electron chi connectivity index (χ2n) is 4.96. The molecule has 1 aromatic carbocycles. The van der Waals surface area contributed by atoms with E-state index in [9.17, 15) is 0 Å². The average molecular weight is 340 g/mol. The quantitative estimate of drug-likeness (QED) is 0.694. The molecule has 0 saturated heterocycles. The smallest absolute Gasteiger partial charge is 0.161 e. The van der Waals surface area contributed by atoms with E-state index in [1.165, 1.54) is 0 Å². The summed E-state index contributed by atoms with van der Waals surface area (Å²) >= 11 is 9.69. The minimum atomic E-state index is 0.290. The summed E-state index contributed by atoms with van der Waals surface area (Å²) in [7, 11) is 0. The van der Waals surface area contributed by atoms with Crippen molar-refractivity contribution in [2.24, 2.45) is 0 Å². The van der Waals surface area contributed by atoms with Crippen molar-refractivity contribution in [1.82, 2.24) is 9.97 Å². The van der Waals surface area contributed by atoms with Crippen molar-refractivity contribution >= 4 is 27.5 Å². The van der Waals surface area contributed by atoms with E-state index in [1.807, 2.05) is 6.07 Å². The van der Waals surface area contributed by atoms with Crippen LogP contribution >= 0.6 is 27.5 Å². The second kappa shape index (κ2) is 5.59. The summed E-state index contributed by atoms with van der Waals surface area (Å²) in [6, 6.07) is 6.17. The molecular weight excluding hydrogens is 324 g/mol. The van der Waals surface area contributed by atoms with Crippen LogP contribution in [0.15, 0.2) is 22.7 Å². The predicted molar refractivity (Wildman–Crippen MR) is 83.7 cm³/mol. The van der Waals surface area contributed by atoms with Crippen molar-refractivity contribution in [2.75, 3.05) is 0 Å². The Morgan fingerprint density at radius 2 is 1.68 bits per heavy atom. The predicted octanol–water partition coefficient (Wildman–Crippen LogP) is 5.30. The Labute approximate surface area is 127 Å². The van der Waals surface area contributed by atoms with Crippen LogP contribution < -0.4 is 0 Å². The van der Waals surface area contributed by atoms with E-state index < -0.39 is 0 Å². The van der Waals surface area contributed by atoms with Gasteiger partial charge in [-0.15, -0.1) is 0 Å². The first kappa shape index (κ1) is 14.5. The molecule has 2 rings (SSSR count). The number of benzene rings is 1. The molecule has 0 N–H and O–H groups in total. The fraction of sp³-hybridized carbons (Fsp3) is 0.333. The lowest BCUT2D eigenvalue weighted by molar-refractivity contribution is 0.809. The number of aryl methyl sites for hydroxylation is 2. The van der Waals surface area contributed by atoms with Gasteiger partial charge in [0.25, 0.3) is 0 Å². The number of hydrogen-bond donors (Lipinski definition) is 0. The largest absolute Gasteiger partial charge is 0.231 e. The van der Waals surface area contributed by atoms with Gasteiger partial charge in [-0.1, -0.05) is 43.6 Å². The molecule has 0 amide bonds. The maximum absolute atomic E-state index is 6.22. The van der Waals surface area contributed by atoms with E-state index in [1.54, 1.807) is 0 Å². The molecule has 0 aliphatic rings. The van der Waals surface area contributed by atoms with Crippen LogP contribution in [0, 0.1) is 13.8 Å². The van der Waals surface area contributed by atoms with Gasteiger partial charge in [0.15, 0.2) is 5.82 Å². The van der Waals surface area contributed by atoms with Gasteiger partial charge >= 0.3 is 0 Å². The minimum Gasteiger partial charge on any atom is -0.231 e. The Kier molecular flexibility index (Phi) is 4.26. The summed E-state index contributed by atoms with van der Waals surface area (Å²) in [6.07, 6.45) is 0. The lowest BCUT2D eigenvalue weighted by Gasteiger charge is -2.13. The van der Waals surface area contributed by atoms with E-state index in [4.69, 9.17) is 11.6 Å². The molecule has 1 aromatic heterocycles. The first-order valence-electron chi connectivity index (χ1n) is 6.21. The van der Waals surface area contributed by atoms with Crippen molar-refractivity contribution in [1.29, 1.82) is 0 Å². The van der Waals surface area contributed by atoms with E-state index >= 15 is 0 Å². The molecule has 19 heavy (non-hydrogen) atoms. The molecule has 0 aliphatic heterocycles. The van der Waals surface area contributed by atoms with Gasteiger partial charge in [-0.05, 0) is 46.8 Å². The molecule has 0 fully saturated rings. The summed E-state index contributed by atoms with van der Waals surface area (Å²) in [6.45, 7) is 8.32. The number of rotatable bonds is 2. The normalized spacial score (nSPS) is 11.1. The molecule has 2 nitrogen and oxygen atoms in total. The molecule has 4 heteroatoms. The van der Waals surface area contributed by atoms with Gasteiger partial charge in [0.2, 0.25) is 0 Å². The van der Waals surface area contributed by atoms with Crippen molar-refractivity contribution in [3.8, 4) is 11.4 Å². The summed E-state index contributed by atoms with van der Waals surface area (Å²) in [5.41, 5.74) is 4.33. The Balaban J connectivity index is 2.70. The first-order chi connectivity index (χ1) is 8.91. The SMILES string of the molecule is Cc1cccc(C)c1-c1nc(Cl)c(Br)c(C(C)C)n1. The van der Waals surface area contributed by atoms with E-state index in [2.05, 4.69) is 65.7 Å². The van der Waals surface area contributed by atoms with Crippen LogP contribution in [0.3, 0.4) is 0 Å². The van der Waals surface area contributed by atoms with Crippen LogP contribution in [0.5, 0.6) is 0 Å². The van der Waals surface area contributed by atoms with Gasteiger partial charge in [-0.3, -0.25) is 0 Å². The molecule has 2 aromatic rings. The monoisotopic (exact) mass is 338 g/mol.